The number of carbonyl (C=O) groups excluding carboxylic acids is 2. The molecule has 28 heavy (non-hydrogen) atoms. The molecule has 4 atom stereocenters. The minimum absolute atomic E-state index is 0.0319. The molecule has 2 aliphatic rings. The van der Waals surface area contributed by atoms with Gasteiger partial charge in [-0.05, 0) is 78.9 Å². The molecule has 0 N–H and O–H groups in total. The molecule has 0 aromatic heterocycles. The summed E-state index contributed by atoms with van der Waals surface area (Å²) in [5.41, 5.74) is 0.502. The number of carbonyl (C=O) groups is 2. The van der Waals surface area contributed by atoms with E-state index in [9.17, 15) is 9.59 Å². The number of ether oxygens (including phenoxy) is 2. The first-order valence-electron chi connectivity index (χ1n) is 9.48. The minimum Gasteiger partial charge on any atom is -0.458 e. The molecule has 2 fully saturated rings. The molecule has 0 amide bonds. The second-order valence-electron chi connectivity index (χ2n) is 7.41. The van der Waals surface area contributed by atoms with Crippen molar-refractivity contribution in [2.75, 3.05) is 7.05 Å². The maximum Gasteiger partial charge on any atom is 0.338 e. The molecular weight excluding hydrogens is 469 g/mol. The molecule has 2 heterocycles. The highest BCUT2D eigenvalue weighted by molar-refractivity contribution is 14.1. The van der Waals surface area contributed by atoms with Crippen molar-refractivity contribution < 1.29 is 19.1 Å². The molecule has 4 rings (SSSR count). The van der Waals surface area contributed by atoms with Crippen LogP contribution in [0.4, 0.5) is 0 Å². The lowest BCUT2D eigenvalue weighted by atomic mass is 9.87. The lowest BCUT2D eigenvalue weighted by Crippen LogP contribution is -2.54. The van der Waals surface area contributed by atoms with E-state index < -0.39 is 12.0 Å². The van der Waals surface area contributed by atoms with Gasteiger partial charge in [0.25, 0.3) is 0 Å². The molecular formula is C22H22INO4. The number of fused-ring (bicyclic) bond motifs is 2. The van der Waals surface area contributed by atoms with Crippen molar-refractivity contribution in [3.8, 4) is 5.75 Å². The number of rotatable bonds is 4. The van der Waals surface area contributed by atoms with Crippen LogP contribution in [0.1, 0.15) is 29.6 Å². The fourth-order valence-electron chi connectivity index (χ4n) is 4.32. The van der Waals surface area contributed by atoms with E-state index in [4.69, 9.17) is 9.47 Å². The van der Waals surface area contributed by atoms with E-state index >= 15 is 0 Å². The second kappa shape index (κ2) is 8.21. The lowest BCUT2D eigenvalue weighted by Gasteiger charge is -2.40. The van der Waals surface area contributed by atoms with E-state index in [0.717, 1.165) is 16.4 Å². The maximum atomic E-state index is 13.0. The topological polar surface area (TPSA) is 55.8 Å². The molecule has 6 heteroatoms. The van der Waals surface area contributed by atoms with Crippen molar-refractivity contribution in [1.82, 2.24) is 4.90 Å². The first-order chi connectivity index (χ1) is 13.5. The lowest BCUT2D eigenvalue weighted by molar-refractivity contribution is -0.149. The zero-order valence-electron chi connectivity index (χ0n) is 15.6. The SMILES string of the molecule is CN1[C@H]2CC[C@@H]1[C@@H](C(=O)Oc1ccccc1)[C@@H](OC(=O)c1ccc(I)cc1)C2. The van der Waals surface area contributed by atoms with Crippen LogP contribution in [-0.4, -0.2) is 42.1 Å². The van der Waals surface area contributed by atoms with Crippen LogP contribution in [0.2, 0.25) is 0 Å². The van der Waals surface area contributed by atoms with E-state index in [1.54, 1.807) is 24.3 Å². The first kappa shape index (κ1) is 19.4. The van der Waals surface area contributed by atoms with Crippen LogP contribution in [0, 0.1) is 9.49 Å². The van der Waals surface area contributed by atoms with Gasteiger partial charge in [0.2, 0.25) is 0 Å². The Morgan fingerprint density at radius 2 is 1.75 bits per heavy atom. The molecule has 2 aromatic rings. The van der Waals surface area contributed by atoms with Crippen LogP contribution in [0.25, 0.3) is 0 Å². The number of piperidine rings is 1. The average Bonchev–Trinajstić information content (AvgIpc) is 2.92. The number of hydrogen-bond acceptors (Lipinski definition) is 5. The molecule has 0 radical (unpaired) electrons. The molecule has 5 nitrogen and oxygen atoms in total. The highest BCUT2D eigenvalue weighted by atomic mass is 127. The second-order valence-corrected chi connectivity index (χ2v) is 8.66. The minimum atomic E-state index is -0.489. The maximum absolute atomic E-state index is 13.0. The molecule has 146 valence electrons. The van der Waals surface area contributed by atoms with Gasteiger partial charge in [0.1, 0.15) is 17.8 Å². The van der Waals surface area contributed by atoms with Gasteiger partial charge in [0.15, 0.2) is 0 Å². The Bertz CT molecular complexity index is 855. The zero-order valence-corrected chi connectivity index (χ0v) is 17.7. The van der Waals surface area contributed by atoms with Crippen LogP contribution in [0.5, 0.6) is 5.75 Å². The monoisotopic (exact) mass is 491 g/mol. The fourth-order valence-corrected chi connectivity index (χ4v) is 4.67. The quantitative estimate of drug-likeness (QED) is 0.369. The number of esters is 2. The molecule has 2 saturated heterocycles. The van der Waals surface area contributed by atoms with Gasteiger partial charge < -0.3 is 9.47 Å². The van der Waals surface area contributed by atoms with Gasteiger partial charge in [-0.1, -0.05) is 18.2 Å². The fraction of sp³-hybridized carbons (Fsp3) is 0.364. The largest absolute Gasteiger partial charge is 0.458 e. The summed E-state index contributed by atoms with van der Waals surface area (Å²) in [5.74, 6) is -0.693. The Balaban J connectivity index is 1.54. The molecule has 0 aliphatic carbocycles. The summed E-state index contributed by atoms with van der Waals surface area (Å²) in [6.45, 7) is 0. The molecule has 0 saturated carbocycles. The smallest absolute Gasteiger partial charge is 0.338 e. The van der Waals surface area contributed by atoms with Gasteiger partial charge in [0.05, 0.1) is 5.56 Å². The van der Waals surface area contributed by atoms with E-state index in [0.29, 0.717) is 23.8 Å². The van der Waals surface area contributed by atoms with E-state index in [-0.39, 0.29) is 18.0 Å². The summed E-state index contributed by atoms with van der Waals surface area (Å²) in [5, 5.41) is 0. The Kier molecular flexibility index (Phi) is 5.68. The number of benzene rings is 2. The van der Waals surface area contributed by atoms with Crippen molar-refractivity contribution in [3.05, 3.63) is 63.7 Å². The summed E-state index contributed by atoms with van der Waals surface area (Å²) in [6.07, 6.45) is 2.09. The molecule has 2 aromatic carbocycles. The summed E-state index contributed by atoms with van der Waals surface area (Å²) >= 11 is 2.19. The third kappa shape index (κ3) is 3.93. The third-order valence-electron chi connectivity index (χ3n) is 5.79. The van der Waals surface area contributed by atoms with E-state index in [1.807, 2.05) is 37.4 Å². The van der Waals surface area contributed by atoms with Crippen molar-refractivity contribution in [2.45, 2.75) is 37.5 Å². The Labute approximate surface area is 178 Å². The summed E-state index contributed by atoms with van der Waals surface area (Å²) in [6, 6.07) is 16.7. The average molecular weight is 491 g/mol. The van der Waals surface area contributed by atoms with Gasteiger partial charge in [-0.25, -0.2) is 4.79 Å². The summed E-state index contributed by atoms with van der Waals surface area (Å²) in [7, 11) is 2.04. The molecule has 2 aliphatic heterocycles. The predicted molar refractivity (Wildman–Crippen MR) is 113 cm³/mol. The molecule has 0 unspecified atom stereocenters. The molecule has 0 spiro atoms. The van der Waals surface area contributed by atoms with Crippen LogP contribution in [0.3, 0.4) is 0 Å². The van der Waals surface area contributed by atoms with E-state index in [1.165, 1.54) is 0 Å². The Morgan fingerprint density at radius 1 is 1.04 bits per heavy atom. The van der Waals surface area contributed by atoms with Crippen molar-refractivity contribution in [1.29, 1.82) is 0 Å². The highest BCUT2D eigenvalue weighted by Crippen LogP contribution is 2.40. The number of nitrogens with zero attached hydrogens (tertiary/aromatic N) is 1. The van der Waals surface area contributed by atoms with Crippen molar-refractivity contribution >= 4 is 34.5 Å². The van der Waals surface area contributed by atoms with Gasteiger partial charge in [-0.15, -0.1) is 0 Å². The zero-order chi connectivity index (χ0) is 19.7. The normalized spacial score (nSPS) is 26.6. The Morgan fingerprint density at radius 3 is 2.46 bits per heavy atom. The standard InChI is InChI=1S/C22H22INO4/c1-24-16-11-12-18(24)20(22(26)27-17-5-3-2-4-6-17)19(13-16)28-21(25)14-7-9-15(23)10-8-14/h2-10,16,18-20H,11-13H2,1H3/t16-,18+,19-,20+/m0/s1. The van der Waals surface area contributed by atoms with Crippen LogP contribution in [0.15, 0.2) is 54.6 Å². The first-order valence-corrected chi connectivity index (χ1v) is 10.6. The summed E-state index contributed by atoms with van der Waals surface area (Å²) < 4.78 is 12.5. The number of para-hydroxylation sites is 1. The number of halogens is 1. The highest BCUT2D eigenvalue weighted by Gasteiger charge is 2.51. The van der Waals surface area contributed by atoms with Crippen LogP contribution in [-0.2, 0) is 9.53 Å². The van der Waals surface area contributed by atoms with Crippen LogP contribution < -0.4 is 4.74 Å². The van der Waals surface area contributed by atoms with Gasteiger partial charge in [-0.2, -0.15) is 0 Å². The number of hydrogen-bond donors (Lipinski definition) is 0. The van der Waals surface area contributed by atoms with Crippen LogP contribution >= 0.6 is 22.6 Å². The third-order valence-corrected chi connectivity index (χ3v) is 6.51. The van der Waals surface area contributed by atoms with Gasteiger partial charge in [0, 0.05) is 22.1 Å². The molecule has 2 bridgehead atoms. The van der Waals surface area contributed by atoms with E-state index in [2.05, 4.69) is 27.5 Å². The summed E-state index contributed by atoms with van der Waals surface area (Å²) in [4.78, 5) is 28.0. The Hall–Kier alpha value is -1.93. The van der Waals surface area contributed by atoms with Gasteiger partial charge >= 0.3 is 11.9 Å². The van der Waals surface area contributed by atoms with Crippen molar-refractivity contribution in [3.63, 3.8) is 0 Å². The predicted octanol–water partition coefficient (Wildman–Crippen LogP) is 3.90. The van der Waals surface area contributed by atoms with Gasteiger partial charge in [-0.3, -0.25) is 9.69 Å². The van der Waals surface area contributed by atoms with Crippen molar-refractivity contribution in [2.24, 2.45) is 5.92 Å².